The lowest BCUT2D eigenvalue weighted by atomic mass is 10.1. The largest absolute Gasteiger partial charge is 0.447 e. The molecule has 3 heterocycles. The fourth-order valence-corrected chi connectivity index (χ4v) is 4.42. The Balaban J connectivity index is 1.17. The summed E-state index contributed by atoms with van der Waals surface area (Å²) in [4.78, 5) is 35.5. The Bertz CT molecular complexity index is 1120. The molecule has 0 N–H and O–H groups in total. The van der Waals surface area contributed by atoms with Gasteiger partial charge in [-0.1, -0.05) is 53.7 Å². The normalized spacial score (nSPS) is 19.2. The highest BCUT2D eigenvalue weighted by atomic mass is 16.6. The predicted molar refractivity (Wildman–Crippen MR) is 123 cm³/mol. The van der Waals surface area contributed by atoms with E-state index in [9.17, 15) is 9.59 Å². The lowest BCUT2D eigenvalue weighted by Gasteiger charge is -2.26. The second-order valence-corrected chi connectivity index (χ2v) is 8.52. The summed E-state index contributed by atoms with van der Waals surface area (Å²) in [6.45, 7) is 3.61. The molecule has 3 aromatic rings. The van der Waals surface area contributed by atoms with Crippen LogP contribution >= 0.6 is 0 Å². The van der Waals surface area contributed by atoms with Crippen LogP contribution < -0.4 is 0 Å². The van der Waals surface area contributed by atoms with Crippen LogP contribution in [-0.4, -0.2) is 76.2 Å². The van der Waals surface area contributed by atoms with Crippen LogP contribution in [-0.2, 0) is 16.1 Å². The summed E-state index contributed by atoms with van der Waals surface area (Å²) in [5.41, 5.74) is 1.86. The van der Waals surface area contributed by atoms with E-state index in [1.54, 1.807) is 0 Å². The summed E-state index contributed by atoms with van der Waals surface area (Å²) in [6.07, 6.45) is 0.395. The first-order chi connectivity index (χ1) is 16.7. The number of nitrogens with zero attached hydrogens (tertiary/aromatic N) is 5. The molecule has 1 aromatic heterocycles. The van der Waals surface area contributed by atoms with E-state index in [-0.39, 0.29) is 25.1 Å². The monoisotopic (exact) mass is 461 g/mol. The minimum Gasteiger partial charge on any atom is -0.447 e. The topological polar surface area (TPSA) is 92.0 Å². The molecule has 34 heavy (non-hydrogen) atoms. The zero-order valence-corrected chi connectivity index (χ0v) is 18.9. The van der Waals surface area contributed by atoms with Crippen LogP contribution in [0.5, 0.6) is 0 Å². The van der Waals surface area contributed by atoms with Gasteiger partial charge in [-0.15, -0.1) is 0 Å². The molecule has 1 atom stereocenters. The smallest absolute Gasteiger partial charge is 0.410 e. The van der Waals surface area contributed by atoms with Gasteiger partial charge in [-0.25, -0.2) is 4.79 Å². The maximum Gasteiger partial charge on any atom is 0.410 e. The molecule has 0 spiro atoms. The van der Waals surface area contributed by atoms with Crippen molar-refractivity contribution in [1.82, 2.24) is 24.8 Å². The van der Waals surface area contributed by atoms with E-state index in [0.717, 1.165) is 24.1 Å². The number of rotatable bonds is 6. The van der Waals surface area contributed by atoms with Gasteiger partial charge in [-0.05, 0) is 24.1 Å². The van der Waals surface area contributed by atoms with Crippen molar-refractivity contribution < 1.29 is 18.8 Å². The van der Waals surface area contributed by atoms with Gasteiger partial charge in [-0.2, -0.15) is 4.98 Å². The van der Waals surface area contributed by atoms with Crippen molar-refractivity contribution in [1.29, 1.82) is 0 Å². The number of benzene rings is 2. The highest BCUT2D eigenvalue weighted by Crippen LogP contribution is 2.27. The van der Waals surface area contributed by atoms with Crippen LogP contribution in [0.3, 0.4) is 0 Å². The second kappa shape index (κ2) is 10.0. The molecule has 0 saturated carbocycles. The number of cyclic esters (lactones) is 1. The van der Waals surface area contributed by atoms with Crippen LogP contribution in [0.2, 0.25) is 0 Å². The lowest BCUT2D eigenvalue weighted by Crippen LogP contribution is -2.43. The van der Waals surface area contributed by atoms with Crippen LogP contribution in [0.25, 0.3) is 11.5 Å². The van der Waals surface area contributed by atoms with Gasteiger partial charge in [0.2, 0.25) is 5.91 Å². The van der Waals surface area contributed by atoms with E-state index in [1.165, 1.54) is 4.90 Å². The van der Waals surface area contributed by atoms with Gasteiger partial charge in [0.1, 0.15) is 13.2 Å². The first-order valence-electron chi connectivity index (χ1n) is 11.5. The molecule has 0 radical (unpaired) electrons. The third-order valence-electron chi connectivity index (χ3n) is 6.26. The van der Waals surface area contributed by atoms with Crippen molar-refractivity contribution in [2.45, 2.75) is 19.0 Å². The number of amides is 2. The van der Waals surface area contributed by atoms with E-state index in [1.807, 2.05) is 65.6 Å². The van der Waals surface area contributed by atoms with E-state index < -0.39 is 6.09 Å². The summed E-state index contributed by atoms with van der Waals surface area (Å²) < 4.78 is 10.7. The Morgan fingerprint density at radius 2 is 1.74 bits per heavy atom. The van der Waals surface area contributed by atoms with Crippen molar-refractivity contribution in [2.24, 2.45) is 0 Å². The first-order valence-corrected chi connectivity index (χ1v) is 11.5. The zero-order valence-electron chi connectivity index (χ0n) is 18.9. The molecular formula is C25H27N5O4. The fourth-order valence-electron chi connectivity index (χ4n) is 4.42. The molecule has 1 unspecified atom stereocenters. The summed E-state index contributed by atoms with van der Waals surface area (Å²) in [5, 5.41) is 4.12. The highest BCUT2D eigenvalue weighted by Gasteiger charge is 2.36. The van der Waals surface area contributed by atoms with Gasteiger partial charge < -0.3 is 14.2 Å². The van der Waals surface area contributed by atoms with Crippen LogP contribution in [0.15, 0.2) is 65.2 Å². The third-order valence-corrected chi connectivity index (χ3v) is 6.26. The molecule has 0 bridgehead atoms. The van der Waals surface area contributed by atoms with E-state index in [4.69, 9.17) is 9.26 Å². The molecule has 5 rings (SSSR count). The maximum absolute atomic E-state index is 13.1. The van der Waals surface area contributed by atoms with Gasteiger partial charge >= 0.3 is 6.09 Å². The first kappa shape index (κ1) is 22.1. The Hall–Kier alpha value is -3.72. The molecule has 2 saturated heterocycles. The van der Waals surface area contributed by atoms with Crippen molar-refractivity contribution in [2.75, 3.05) is 39.3 Å². The summed E-state index contributed by atoms with van der Waals surface area (Å²) in [5.74, 6) is 1.07. The fraction of sp³-hybridized carbons (Fsp3) is 0.360. The molecule has 2 aliphatic rings. The molecule has 9 heteroatoms. The molecular weight excluding hydrogens is 434 g/mol. The van der Waals surface area contributed by atoms with E-state index in [0.29, 0.717) is 37.9 Å². The molecule has 9 nitrogen and oxygen atoms in total. The molecule has 2 aromatic carbocycles. The van der Waals surface area contributed by atoms with Crippen molar-refractivity contribution in [3.8, 4) is 11.5 Å². The highest BCUT2D eigenvalue weighted by molar-refractivity contribution is 5.83. The van der Waals surface area contributed by atoms with E-state index >= 15 is 0 Å². The number of carbonyl (C=O) groups excluding carboxylic acids is 2. The molecule has 2 fully saturated rings. The minimum atomic E-state index is -0.440. The maximum atomic E-state index is 13.1. The summed E-state index contributed by atoms with van der Waals surface area (Å²) in [7, 11) is 0. The lowest BCUT2D eigenvalue weighted by molar-refractivity contribution is -0.131. The van der Waals surface area contributed by atoms with Crippen LogP contribution in [0, 0.1) is 0 Å². The average Bonchev–Trinajstić information content (AvgIpc) is 3.40. The van der Waals surface area contributed by atoms with Gasteiger partial charge in [0, 0.05) is 31.7 Å². The number of aromatic nitrogens is 2. The van der Waals surface area contributed by atoms with Gasteiger partial charge in [0.25, 0.3) is 5.89 Å². The summed E-state index contributed by atoms with van der Waals surface area (Å²) in [6, 6.07) is 19.1. The molecule has 2 amide bonds. The zero-order chi connectivity index (χ0) is 23.3. The van der Waals surface area contributed by atoms with Crippen molar-refractivity contribution in [3.63, 3.8) is 0 Å². The molecule has 2 aliphatic heterocycles. The number of ether oxygens (including phenoxy) is 1. The minimum absolute atomic E-state index is 0.0175. The summed E-state index contributed by atoms with van der Waals surface area (Å²) >= 11 is 0. The van der Waals surface area contributed by atoms with Gasteiger partial charge in [0.15, 0.2) is 5.82 Å². The Labute approximate surface area is 197 Å². The Kier molecular flexibility index (Phi) is 6.53. The molecule has 0 aliphatic carbocycles. The number of hydrogen-bond acceptors (Lipinski definition) is 7. The third kappa shape index (κ3) is 4.94. The standard InChI is InChI=1S/C25H27N5O4/c31-23(17-30-21(18-33-25(30)32)19-8-3-1-4-9-19)29-13-7-12-28(14-15-29)16-22-26-24(34-27-22)20-10-5-2-6-11-20/h1-6,8-11,21H,7,12-18H2. The second-order valence-electron chi connectivity index (χ2n) is 8.52. The number of carbonyl (C=O) groups is 2. The quantitative estimate of drug-likeness (QED) is 0.557. The SMILES string of the molecule is O=C(CN1C(=O)OCC1c1ccccc1)N1CCCN(Cc2noc(-c3ccccc3)n2)CC1. The van der Waals surface area contributed by atoms with Crippen LogP contribution in [0.1, 0.15) is 23.9 Å². The van der Waals surface area contributed by atoms with Crippen molar-refractivity contribution in [3.05, 3.63) is 72.1 Å². The van der Waals surface area contributed by atoms with Gasteiger partial charge in [0.05, 0.1) is 12.6 Å². The van der Waals surface area contributed by atoms with Crippen molar-refractivity contribution >= 4 is 12.0 Å². The van der Waals surface area contributed by atoms with Gasteiger partial charge in [-0.3, -0.25) is 14.6 Å². The Morgan fingerprint density at radius 3 is 2.53 bits per heavy atom. The Morgan fingerprint density at radius 1 is 0.971 bits per heavy atom. The van der Waals surface area contributed by atoms with Crippen LogP contribution in [0.4, 0.5) is 4.79 Å². The van der Waals surface area contributed by atoms with E-state index in [2.05, 4.69) is 15.0 Å². The molecule has 176 valence electrons. The number of hydrogen-bond donors (Lipinski definition) is 0. The predicted octanol–water partition coefficient (Wildman–Crippen LogP) is 2.96. The average molecular weight is 462 g/mol.